The largest absolute Gasteiger partial charge is 0.463 e. The van der Waals surface area contributed by atoms with Crippen molar-refractivity contribution in [2.45, 2.75) is 165 Å². The van der Waals surface area contributed by atoms with Crippen molar-refractivity contribution in [1.29, 1.82) is 5.41 Å². The molecular weight excluding hydrogens is 1020 g/mol. The number of nitrogens with one attached hydrogen (secondary N) is 1. The predicted octanol–water partition coefficient (Wildman–Crippen LogP) is 0.507. The van der Waals surface area contributed by atoms with Gasteiger partial charge in [0.1, 0.15) is 50.3 Å². The normalized spacial score (nSPS) is 30.7. The summed E-state index contributed by atoms with van der Waals surface area (Å²) < 4.78 is 88.3. The molecule has 27 nitrogen and oxygen atoms in total. The Morgan fingerprint density at radius 1 is 0.357 bits per heavy atom. The van der Waals surface area contributed by atoms with Crippen molar-refractivity contribution < 1.29 is 124 Å². The minimum atomic E-state index is -2.54. The first-order valence-electron chi connectivity index (χ1n) is 20.7. The fraction of sp³-hybridized carbons (Fsp3) is 0.725. The number of carbonyl (C=O) groups is 10. The van der Waals surface area contributed by atoms with Gasteiger partial charge in [-0.15, -0.1) is 0 Å². The van der Waals surface area contributed by atoms with Gasteiger partial charge in [-0.2, -0.15) is 0 Å². The molecule has 3 saturated heterocycles. The third-order valence-corrected chi connectivity index (χ3v) is 9.83. The van der Waals surface area contributed by atoms with E-state index in [9.17, 15) is 47.9 Å². The lowest BCUT2D eigenvalue weighted by Crippen LogP contribution is -2.69. The molecule has 0 amide bonds. The van der Waals surface area contributed by atoms with Crippen LogP contribution in [-0.2, 0) is 124 Å². The maximum absolute atomic E-state index is 13.0. The molecular formula is C40H52Cl3NO26. The second-order valence-corrected chi connectivity index (χ2v) is 17.5. The molecule has 1 N–H and O–H groups in total. The van der Waals surface area contributed by atoms with E-state index in [0.717, 1.165) is 69.2 Å². The average Bonchev–Trinajstić information content (AvgIpc) is 3.20. The summed E-state index contributed by atoms with van der Waals surface area (Å²) in [6, 6.07) is 0. The minimum absolute atomic E-state index is 0.706. The van der Waals surface area contributed by atoms with Gasteiger partial charge in [0.2, 0.25) is 18.3 Å². The Balaban J connectivity index is 2.32. The first kappa shape index (κ1) is 59.2. The van der Waals surface area contributed by atoms with Gasteiger partial charge in [0.15, 0.2) is 49.2 Å². The fourth-order valence-corrected chi connectivity index (χ4v) is 7.17. The quantitative estimate of drug-likeness (QED) is 0.0642. The van der Waals surface area contributed by atoms with Crippen molar-refractivity contribution in [3.05, 3.63) is 0 Å². The predicted molar refractivity (Wildman–Crippen MR) is 224 cm³/mol. The minimum Gasteiger partial charge on any atom is -0.463 e. The van der Waals surface area contributed by atoms with Gasteiger partial charge in [0.05, 0.1) is 0 Å². The van der Waals surface area contributed by atoms with Crippen LogP contribution in [0.1, 0.15) is 69.2 Å². The molecule has 0 aliphatic carbocycles. The Hall–Kier alpha value is -5.16. The van der Waals surface area contributed by atoms with Crippen LogP contribution in [0.5, 0.6) is 0 Å². The van der Waals surface area contributed by atoms with Crippen LogP contribution in [0.2, 0.25) is 0 Å². The molecule has 30 heteroatoms. The Morgan fingerprint density at radius 2 is 0.600 bits per heavy atom. The van der Waals surface area contributed by atoms with Gasteiger partial charge < -0.3 is 75.8 Å². The number of esters is 10. The molecule has 0 aromatic heterocycles. The molecule has 3 rings (SSSR count). The van der Waals surface area contributed by atoms with Crippen LogP contribution in [-0.4, -0.2) is 181 Å². The van der Waals surface area contributed by atoms with E-state index in [1.165, 1.54) is 0 Å². The van der Waals surface area contributed by atoms with E-state index in [4.69, 9.17) is 116 Å². The highest BCUT2D eigenvalue weighted by Gasteiger charge is 2.60. The highest BCUT2D eigenvalue weighted by molar-refractivity contribution is 6.76. The van der Waals surface area contributed by atoms with Gasteiger partial charge in [-0.3, -0.25) is 53.4 Å². The van der Waals surface area contributed by atoms with E-state index in [1.807, 2.05) is 0 Å². The average molecular weight is 1070 g/mol. The third-order valence-electron chi connectivity index (χ3n) is 9.31. The molecule has 0 radical (unpaired) electrons. The molecule has 3 fully saturated rings. The van der Waals surface area contributed by atoms with Crippen molar-refractivity contribution in [3.63, 3.8) is 0 Å². The Bertz CT molecular complexity index is 1960. The zero-order valence-electron chi connectivity index (χ0n) is 39.0. The number of halogens is 3. The summed E-state index contributed by atoms with van der Waals surface area (Å²) in [6.45, 7) is 7.28. The van der Waals surface area contributed by atoms with Crippen molar-refractivity contribution in [2.75, 3.05) is 19.8 Å². The number of hydrogen-bond acceptors (Lipinski definition) is 27. The summed E-state index contributed by atoms with van der Waals surface area (Å²) in [5.74, 6) is -11.1. The van der Waals surface area contributed by atoms with E-state index in [-0.39, 0.29) is 0 Å². The van der Waals surface area contributed by atoms with Gasteiger partial charge in [-0.1, -0.05) is 34.8 Å². The molecule has 394 valence electrons. The Kier molecular flexibility index (Phi) is 22.3. The zero-order valence-corrected chi connectivity index (χ0v) is 41.3. The highest BCUT2D eigenvalue weighted by atomic mass is 35.6. The third kappa shape index (κ3) is 17.9. The van der Waals surface area contributed by atoms with E-state index >= 15 is 0 Å². The summed E-state index contributed by atoms with van der Waals surface area (Å²) in [5, 5.41) is 8.18. The zero-order chi connectivity index (χ0) is 52.9. The molecule has 1 unspecified atom stereocenters. The maximum Gasteiger partial charge on any atom is 0.303 e. The Labute approximate surface area is 413 Å². The molecule has 0 saturated carbocycles. The summed E-state index contributed by atoms with van der Waals surface area (Å²) in [4.78, 5) is 125. The molecule has 15 atom stereocenters. The second kappa shape index (κ2) is 26.3. The monoisotopic (exact) mass is 1070 g/mol. The van der Waals surface area contributed by atoms with E-state index in [0.29, 0.717) is 0 Å². The maximum atomic E-state index is 13.0. The summed E-state index contributed by atoms with van der Waals surface area (Å²) in [6.07, 6.45) is -28.2. The summed E-state index contributed by atoms with van der Waals surface area (Å²) >= 11 is 17.5. The smallest absolute Gasteiger partial charge is 0.303 e. The van der Waals surface area contributed by atoms with Crippen molar-refractivity contribution in [1.82, 2.24) is 0 Å². The number of rotatable bonds is 18. The van der Waals surface area contributed by atoms with E-state index in [2.05, 4.69) is 0 Å². The van der Waals surface area contributed by atoms with Gasteiger partial charge in [0, 0.05) is 69.2 Å². The molecule has 0 aromatic rings. The molecule has 70 heavy (non-hydrogen) atoms. The van der Waals surface area contributed by atoms with E-state index < -0.39 is 181 Å². The molecule has 0 aromatic carbocycles. The van der Waals surface area contributed by atoms with Crippen LogP contribution in [0.15, 0.2) is 0 Å². The van der Waals surface area contributed by atoms with Crippen molar-refractivity contribution in [3.8, 4) is 0 Å². The lowest BCUT2D eigenvalue weighted by molar-refractivity contribution is -0.378. The molecule has 3 aliphatic heterocycles. The Morgan fingerprint density at radius 3 is 0.886 bits per heavy atom. The van der Waals surface area contributed by atoms with Crippen LogP contribution in [0.4, 0.5) is 0 Å². The molecule has 0 spiro atoms. The standard InChI is InChI=1S/C40H52Cl3NO26/c1-14(45)55-11-24-27(58-17(4)48)30(59-18(5)49)33(62-21(8)52)36(65-24)68-28-25(12-56-15(2)46)66-37(34(63-22(9)53)31(28)60-19(6)50)69-29-26(13-57-16(3)47)67-38(70-39(44)40(41,42)43)35(64-23(10)54)32(29)61-20(7)51/h24-38,44H,11-13H2,1-10H3/t24-,25-,26-,27-,28-,29-,30+,31+,32+,33-,34-,35-,36-,37-,38?/m1/s1. The number of carbonyl (C=O) groups excluding carboxylic acids is 10. The first-order chi connectivity index (χ1) is 32.5. The van der Waals surface area contributed by atoms with Crippen LogP contribution < -0.4 is 0 Å². The topological polar surface area (TPSA) is 342 Å². The molecule has 3 aliphatic rings. The van der Waals surface area contributed by atoms with Crippen LogP contribution in [0.3, 0.4) is 0 Å². The summed E-state index contributed by atoms with van der Waals surface area (Å²) in [5.41, 5.74) is 0. The summed E-state index contributed by atoms with van der Waals surface area (Å²) in [7, 11) is 0. The SMILES string of the molecule is CC(=O)OC[C@H]1O[C@H](O[C@H]2[C@H](OC(C)=O)[C@@H](OC(C)=O)[C@@H](O[C@H]3[C@H](OC(C)=O)[C@@H](OC(C)=O)C(OC(=N)C(Cl)(Cl)Cl)O[C@@H]3COC(C)=O)O[C@@H]2COC(C)=O)[C@H](OC(C)=O)[C@@H](OC(C)=O)[C@@H]1OC(C)=O. The van der Waals surface area contributed by atoms with Gasteiger partial charge in [-0.25, -0.2) is 0 Å². The second-order valence-electron chi connectivity index (χ2n) is 15.2. The van der Waals surface area contributed by atoms with Crippen LogP contribution in [0, 0.1) is 5.41 Å². The highest BCUT2D eigenvalue weighted by Crippen LogP contribution is 2.39. The lowest BCUT2D eigenvalue weighted by atomic mass is 9.95. The van der Waals surface area contributed by atoms with Gasteiger partial charge in [-0.05, 0) is 0 Å². The van der Waals surface area contributed by atoms with Crippen LogP contribution >= 0.6 is 34.8 Å². The van der Waals surface area contributed by atoms with E-state index in [1.54, 1.807) is 0 Å². The van der Waals surface area contributed by atoms with Crippen molar-refractivity contribution >= 4 is 100 Å². The van der Waals surface area contributed by atoms with Gasteiger partial charge in [0.25, 0.3) is 3.79 Å². The van der Waals surface area contributed by atoms with Crippen LogP contribution in [0.25, 0.3) is 0 Å². The lowest BCUT2D eigenvalue weighted by Gasteiger charge is -2.50. The van der Waals surface area contributed by atoms with Crippen molar-refractivity contribution in [2.24, 2.45) is 0 Å². The number of alkyl halides is 3. The molecule has 0 bridgehead atoms. The molecule has 3 heterocycles. The first-order valence-corrected chi connectivity index (χ1v) is 21.8. The fourth-order valence-electron chi connectivity index (χ4n) is 7.03. The number of ether oxygens (including phenoxy) is 16. The number of hydrogen-bond donors (Lipinski definition) is 1. The van der Waals surface area contributed by atoms with Gasteiger partial charge >= 0.3 is 59.7 Å².